The van der Waals surface area contributed by atoms with Gasteiger partial charge in [-0.25, -0.2) is 4.79 Å². The lowest BCUT2D eigenvalue weighted by Crippen LogP contribution is -2.03. The molecular weight excluding hydrogens is 222 g/mol. The molecule has 0 radical (unpaired) electrons. The second kappa shape index (κ2) is 4.60. The fraction of sp³-hybridized carbons (Fsp3) is 0.200. The van der Waals surface area contributed by atoms with E-state index >= 15 is 0 Å². The molecule has 7 heteroatoms. The largest absolute Gasteiger partial charge is 0.476 e. The van der Waals surface area contributed by atoms with Crippen LogP contribution >= 0.6 is 0 Å². The number of aryl methyl sites for hydroxylation is 1. The first-order chi connectivity index (χ1) is 8.19. The van der Waals surface area contributed by atoms with Gasteiger partial charge in [0.05, 0.1) is 11.9 Å². The molecule has 0 bridgehead atoms. The van der Waals surface area contributed by atoms with E-state index in [0.717, 1.165) is 12.2 Å². The highest BCUT2D eigenvalue weighted by Gasteiger charge is 2.05. The predicted molar refractivity (Wildman–Crippen MR) is 60.2 cm³/mol. The Morgan fingerprint density at radius 2 is 2.29 bits per heavy atom. The van der Waals surface area contributed by atoms with Crippen LogP contribution in [-0.2, 0) is 6.54 Å². The van der Waals surface area contributed by atoms with E-state index in [1.165, 1.54) is 6.07 Å². The molecule has 17 heavy (non-hydrogen) atoms. The first-order valence-corrected chi connectivity index (χ1v) is 5.05. The van der Waals surface area contributed by atoms with Gasteiger partial charge in [-0.15, -0.1) is 10.2 Å². The van der Waals surface area contributed by atoms with Crippen molar-refractivity contribution >= 4 is 17.5 Å². The molecule has 2 heterocycles. The molecule has 2 aromatic rings. The highest BCUT2D eigenvalue weighted by molar-refractivity contribution is 5.85. The van der Waals surface area contributed by atoms with E-state index < -0.39 is 5.97 Å². The van der Waals surface area contributed by atoms with Crippen molar-refractivity contribution in [3.63, 3.8) is 0 Å². The number of aromatic nitrogens is 4. The van der Waals surface area contributed by atoms with Crippen LogP contribution in [-0.4, -0.2) is 31.1 Å². The smallest absolute Gasteiger partial charge is 0.356 e. The summed E-state index contributed by atoms with van der Waals surface area (Å²) < 4.78 is 1.77. The molecule has 0 saturated heterocycles. The van der Waals surface area contributed by atoms with Gasteiger partial charge in [0.1, 0.15) is 0 Å². The Kier molecular flexibility index (Phi) is 2.99. The van der Waals surface area contributed by atoms with Crippen molar-refractivity contribution in [2.24, 2.45) is 0 Å². The predicted octanol–water partition coefficient (Wildman–Crippen LogP) is 1.13. The Hall–Kier alpha value is -2.44. The average molecular weight is 233 g/mol. The molecule has 0 spiro atoms. The normalized spacial score (nSPS) is 10.2. The van der Waals surface area contributed by atoms with E-state index in [0.29, 0.717) is 5.82 Å². The molecule has 0 aliphatic rings. The van der Waals surface area contributed by atoms with E-state index in [-0.39, 0.29) is 5.69 Å². The minimum atomic E-state index is -1.09. The highest BCUT2D eigenvalue weighted by atomic mass is 16.4. The summed E-state index contributed by atoms with van der Waals surface area (Å²) in [7, 11) is 0. The molecule has 2 rings (SSSR count). The highest BCUT2D eigenvalue weighted by Crippen LogP contribution is 2.12. The molecular formula is C10H11N5O2. The van der Waals surface area contributed by atoms with Gasteiger partial charge in [-0.05, 0) is 19.1 Å². The van der Waals surface area contributed by atoms with Crippen molar-refractivity contribution < 1.29 is 9.90 Å². The second-order valence-electron chi connectivity index (χ2n) is 3.32. The Morgan fingerprint density at radius 3 is 2.82 bits per heavy atom. The van der Waals surface area contributed by atoms with Gasteiger partial charge in [-0.1, -0.05) is 0 Å². The molecule has 7 nitrogen and oxygen atoms in total. The van der Waals surface area contributed by atoms with Crippen molar-refractivity contribution in [1.29, 1.82) is 0 Å². The standard InChI is InChI=1S/C10H11N5O2/c1-2-15-6-7(5-11-15)12-9-4-3-8(10(16)17)13-14-9/h3-6H,2H2,1H3,(H,12,14)(H,16,17). The van der Waals surface area contributed by atoms with Crippen molar-refractivity contribution in [2.45, 2.75) is 13.5 Å². The van der Waals surface area contributed by atoms with Crippen LogP contribution in [0, 0.1) is 0 Å². The van der Waals surface area contributed by atoms with Gasteiger partial charge in [0.2, 0.25) is 0 Å². The monoisotopic (exact) mass is 233 g/mol. The number of carboxylic acids is 1. The fourth-order valence-corrected chi connectivity index (χ4v) is 1.26. The van der Waals surface area contributed by atoms with Crippen molar-refractivity contribution in [3.8, 4) is 0 Å². The molecule has 0 saturated carbocycles. The van der Waals surface area contributed by atoms with E-state index in [9.17, 15) is 4.79 Å². The van der Waals surface area contributed by atoms with Crippen LogP contribution in [0.3, 0.4) is 0 Å². The molecule has 0 fully saturated rings. The van der Waals surface area contributed by atoms with E-state index in [1.807, 2.05) is 13.1 Å². The van der Waals surface area contributed by atoms with Gasteiger partial charge in [-0.2, -0.15) is 5.10 Å². The molecule has 0 aliphatic carbocycles. The van der Waals surface area contributed by atoms with Crippen molar-refractivity contribution in [2.75, 3.05) is 5.32 Å². The summed E-state index contributed by atoms with van der Waals surface area (Å²) >= 11 is 0. The summed E-state index contributed by atoms with van der Waals surface area (Å²) in [6.07, 6.45) is 3.49. The van der Waals surface area contributed by atoms with E-state index in [2.05, 4.69) is 20.6 Å². The summed E-state index contributed by atoms with van der Waals surface area (Å²) in [5, 5.41) is 23.0. The summed E-state index contributed by atoms with van der Waals surface area (Å²) in [6.45, 7) is 2.77. The zero-order valence-electron chi connectivity index (χ0n) is 9.16. The van der Waals surface area contributed by atoms with Crippen molar-refractivity contribution in [3.05, 3.63) is 30.2 Å². The number of hydrogen-bond acceptors (Lipinski definition) is 5. The second-order valence-corrected chi connectivity index (χ2v) is 3.32. The number of rotatable bonds is 4. The van der Waals surface area contributed by atoms with Crippen LogP contribution in [0.5, 0.6) is 0 Å². The van der Waals surface area contributed by atoms with Gasteiger partial charge in [0.25, 0.3) is 0 Å². The Balaban J connectivity index is 2.10. The maximum absolute atomic E-state index is 10.6. The van der Waals surface area contributed by atoms with Crippen molar-refractivity contribution in [1.82, 2.24) is 20.0 Å². The maximum atomic E-state index is 10.6. The van der Waals surface area contributed by atoms with Crippen LogP contribution in [0.1, 0.15) is 17.4 Å². The van der Waals surface area contributed by atoms with Crippen LogP contribution in [0.15, 0.2) is 24.5 Å². The number of aromatic carboxylic acids is 1. The number of anilines is 2. The third kappa shape index (κ3) is 2.57. The molecule has 2 aromatic heterocycles. The molecule has 88 valence electrons. The zero-order chi connectivity index (χ0) is 12.3. The van der Waals surface area contributed by atoms with Gasteiger partial charge in [-0.3, -0.25) is 4.68 Å². The topological polar surface area (TPSA) is 92.9 Å². The number of nitrogens with one attached hydrogen (secondary N) is 1. The summed E-state index contributed by atoms with van der Waals surface area (Å²) in [4.78, 5) is 10.6. The molecule has 0 aliphatic heterocycles. The molecule has 0 atom stereocenters. The van der Waals surface area contributed by atoms with Gasteiger partial charge >= 0.3 is 5.97 Å². The molecule has 0 aromatic carbocycles. The first-order valence-electron chi connectivity index (χ1n) is 5.05. The minimum absolute atomic E-state index is 0.0835. The Bertz CT molecular complexity index is 520. The summed E-state index contributed by atoms with van der Waals surface area (Å²) in [5.41, 5.74) is 0.698. The first kappa shape index (κ1) is 11.1. The third-order valence-corrected chi connectivity index (χ3v) is 2.11. The van der Waals surface area contributed by atoms with E-state index in [4.69, 9.17) is 5.11 Å². The van der Waals surface area contributed by atoms with Gasteiger partial charge in [0, 0.05) is 12.7 Å². The van der Waals surface area contributed by atoms with Crippen LogP contribution in [0.25, 0.3) is 0 Å². The SMILES string of the molecule is CCn1cc(Nc2ccc(C(=O)O)nn2)cn1. The van der Waals surface area contributed by atoms with Gasteiger partial charge < -0.3 is 10.4 Å². The van der Waals surface area contributed by atoms with Gasteiger partial charge in [0.15, 0.2) is 11.5 Å². The fourth-order valence-electron chi connectivity index (χ4n) is 1.26. The lowest BCUT2D eigenvalue weighted by atomic mass is 10.4. The zero-order valence-corrected chi connectivity index (χ0v) is 9.16. The summed E-state index contributed by atoms with van der Waals surface area (Å²) in [5.74, 6) is -0.617. The number of carbonyl (C=O) groups is 1. The Labute approximate surface area is 97.1 Å². The lowest BCUT2D eigenvalue weighted by Gasteiger charge is -2.00. The molecule has 0 unspecified atom stereocenters. The average Bonchev–Trinajstić information content (AvgIpc) is 2.77. The molecule has 2 N–H and O–H groups in total. The summed E-state index contributed by atoms with van der Waals surface area (Å²) in [6, 6.07) is 2.95. The Morgan fingerprint density at radius 1 is 1.47 bits per heavy atom. The molecule has 0 amide bonds. The number of nitrogens with zero attached hydrogens (tertiary/aromatic N) is 4. The third-order valence-electron chi connectivity index (χ3n) is 2.11. The maximum Gasteiger partial charge on any atom is 0.356 e. The van der Waals surface area contributed by atoms with Crippen LogP contribution in [0.4, 0.5) is 11.5 Å². The van der Waals surface area contributed by atoms with Crippen LogP contribution in [0.2, 0.25) is 0 Å². The quantitative estimate of drug-likeness (QED) is 0.822. The number of carboxylic acid groups (broad SMARTS) is 1. The lowest BCUT2D eigenvalue weighted by molar-refractivity contribution is 0.0689. The number of hydrogen-bond donors (Lipinski definition) is 2. The van der Waals surface area contributed by atoms with Crippen LogP contribution < -0.4 is 5.32 Å². The van der Waals surface area contributed by atoms with E-state index in [1.54, 1.807) is 16.9 Å². The minimum Gasteiger partial charge on any atom is -0.476 e.